The minimum Gasteiger partial charge on any atom is -0.466 e. The molecule has 0 aromatic heterocycles. The van der Waals surface area contributed by atoms with Gasteiger partial charge in [-0.25, -0.2) is 18.0 Å². The van der Waals surface area contributed by atoms with Crippen molar-refractivity contribution in [1.82, 2.24) is 5.32 Å². The van der Waals surface area contributed by atoms with Crippen molar-refractivity contribution in [3.05, 3.63) is 70.6 Å². The van der Waals surface area contributed by atoms with E-state index in [1.165, 1.54) is 18.2 Å². The van der Waals surface area contributed by atoms with Gasteiger partial charge in [0.2, 0.25) is 0 Å². The van der Waals surface area contributed by atoms with Crippen LogP contribution >= 0.6 is 0 Å². The van der Waals surface area contributed by atoms with Crippen LogP contribution in [0, 0.1) is 24.4 Å². The average molecular weight is 560 g/mol. The molecule has 2 aromatic carbocycles. The molecule has 1 fully saturated rings. The molecule has 1 amide bonds. The minimum atomic E-state index is -1.39. The van der Waals surface area contributed by atoms with Gasteiger partial charge in [0.15, 0.2) is 0 Å². The van der Waals surface area contributed by atoms with E-state index < -0.39 is 53.1 Å². The summed E-state index contributed by atoms with van der Waals surface area (Å²) in [5.41, 5.74) is 0.748. The summed E-state index contributed by atoms with van der Waals surface area (Å²) in [5.74, 6) is -2.98. The number of alkyl carbamates (subject to hydrolysis) is 1. The Morgan fingerprint density at radius 1 is 1.12 bits per heavy atom. The van der Waals surface area contributed by atoms with E-state index in [-0.39, 0.29) is 18.1 Å². The molecule has 3 rings (SSSR count). The lowest BCUT2D eigenvalue weighted by molar-refractivity contribution is -0.143. The van der Waals surface area contributed by atoms with Gasteiger partial charge in [0.05, 0.1) is 19.1 Å². The molecule has 0 unspecified atom stereocenters. The van der Waals surface area contributed by atoms with Crippen LogP contribution in [0.15, 0.2) is 30.9 Å². The summed E-state index contributed by atoms with van der Waals surface area (Å²) in [6, 6.07) is 2.85. The third kappa shape index (κ3) is 8.12. The Kier molecular flexibility index (Phi) is 10.4. The molecule has 0 heterocycles. The Bertz CT molecular complexity index is 1250. The highest BCUT2D eigenvalue weighted by Gasteiger charge is 2.35. The van der Waals surface area contributed by atoms with Crippen LogP contribution in [0.25, 0.3) is 11.1 Å². The zero-order chi connectivity index (χ0) is 29.6. The second-order valence-electron chi connectivity index (χ2n) is 11.3. The SMILES string of the molecule is C=CCCCCc1cc(F)cc(C)c1-c1cc(C2CC2)c(F)c([C@H](CC(=O)OCC)NC(=O)OC(C)(C)C)c1F. The first-order valence-electron chi connectivity index (χ1n) is 13.9. The van der Waals surface area contributed by atoms with Gasteiger partial charge < -0.3 is 14.8 Å². The summed E-state index contributed by atoms with van der Waals surface area (Å²) in [4.78, 5) is 25.2. The highest BCUT2D eigenvalue weighted by molar-refractivity contribution is 5.76. The summed E-state index contributed by atoms with van der Waals surface area (Å²) in [7, 11) is 0. The number of esters is 1. The van der Waals surface area contributed by atoms with E-state index in [4.69, 9.17) is 9.47 Å². The van der Waals surface area contributed by atoms with Crippen molar-refractivity contribution < 1.29 is 32.2 Å². The van der Waals surface area contributed by atoms with Gasteiger partial charge in [0.1, 0.15) is 23.1 Å². The first-order chi connectivity index (χ1) is 18.9. The maximum atomic E-state index is 16.6. The maximum absolute atomic E-state index is 16.6. The minimum absolute atomic E-state index is 0.0697. The summed E-state index contributed by atoms with van der Waals surface area (Å²) < 4.78 is 57.6. The Morgan fingerprint density at radius 3 is 2.42 bits per heavy atom. The molecule has 1 atom stereocenters. The van der Waals surface area contributed by atoms with Crippen molar-refractivity contribution in [2.75, 3.05) is 6.61 Å². The quantitative estimate of drug-likeness (QED) is 0.161. The fourth-order valence-electron chi connectivity index (χ4n) is 4.92. The van der Waals surface area contributed by atoms with Crippen molar-refractivity contribution >= 4 is 12.1 Å². The van der Waals surface area contributed by atoms with Crippen LogP contribution in [0.2, 0.25) is 0 Å². The van der Waals surface area contributed by atoms with E-state index in [2.05, 4.69) is 11.9 Å². The molecule has 1 N–H and O–H groups in total. The monoisotopic (exact) mass is 559 g/mol. The smallest absolute Gasteiger partial charge is 0.408 e. The lowest BCUT2D eigenvalue weighted by Gasteiger charge is -2.26. The third-order valence-corrected chi connectivity index (χ3v) is 6.75. The largest absolute Gasteiger partial charge is 0.466 e. The number of ether oxygens (including phenoxy) is 2. The molecule has 0 bridgehead atoms. The summed E-state index contributed by atoms with van der Waals surface area (Å²) >= 11 is 0. The van der Waals surface area contributed by atoms with Gasteiger partial charge in [0, 0.05) is 11.1 Å². The number of aryl methyl sites for hydroxylation is 2. The molecule has 0 radical (unpaired) electrons. The number of unbranched alkanes of at least 4 members (excludes halogenated alkanes) is 2. The van der Waals surface area contributed by atoms with Crippen molar-refractivity contribution in [3.63, 3.8) is 0 Å². The lowest BCUT2D eigenvalue weighted by Crippen LogP contribution is -2.37. The molecule has 0 aliphatic heterocycles. The molecule has 0 saturated heterocycles. The van der Waals surface area contributed by atoms with Crippen LogP contribution in [-0.2, 0) is 20.7 Å². The molecule has 1 aliphatic carbocycles. The van der Waals surface area contributed by atoms with Gasteiger partial charge in [-0.3, -0.25) is 4.79 Å². The van der Waals surface area contributed by atoms with Crippen molar-refractivity contribution in [2.45, 2.75) is 97.1 Å². The van der Waals surface area contributed by atoms with Gasteiger partial charge in [-0.15, -0.1) is 6.58 Å². The first kappa shape index (κ1) is 31.2. The Morgan fingerprint density at radius 2 is 1.82 bits per heavy atom. The van der Waals surface area contributed by atoms with Crippen LogP contribution < -0.4 is 5.32 Å². The zero-order valence-corrected chi connectivity index (χ0v) is 24.1. The molecule has 5 nitrogen and oxygen atoms in total. The van der Waals surface area contributed by atoms with Gasteiger partial charge in [-0.05, 0) is 120 Å². The molecule has 0 spiro atoms. The van der Waals surface area contributed by atoms with Gasteiger partial charge >= 0.3 is 12.1 Å². The van der Waals surface area contributed by atoms with Crippen molar-refractivity contribution in [3.8, 4) is 11.1 Å². The molecule has 1 aliphatic rings. The molecular formula is C32H40F3NO4. The number of hydrogen-bond acceptors (Lipinski definition) is 4. The maximum Gasteiger partial charge on any atom is 0.408 e. The molecule has 1 saturated carbocycles. The second-order valence-corrected chi connectivity index (χ2v) is 11.3. The number of allylic oxidation sites excluding steroid dienone is 1. The number of carbonyl (C=O) groups is 2. The van der Waals surface area contributed by atoms with Gasteiger partial charge in [0.25, 0.3) is 0 Å². The fraction of sp³-hybridized carbons (Fsp3) is 0.500. The number of nitrogens with one attached hydrogen (secondary N) is 1. The normalized spacial score (nSPS) is 14.0. The number of halogens is 3. The Hall–Kier alpha value is -3.29. The number of hydrogen-bond donors (Lipinski definition) is 1. The molecular weight excluding hydrogens is 519 g/mol. The summed E-state index contributed by atoms with van der Waals surface area (Å²) in [6.07, 6.45) is 4.74. The lowest BCUT2D eigenvalue weighted by atomic mass is 9.87. The van der Waals surface area contributed by atoms with E-state index in [1.54, 1.807) is 34.6 Å². The topological polar surface area (TPSA) is 64.6 Å². The highest BCUT2D eigenvalue weighted by Crippen LogP contribution is 2.46. The number of rotatable bonds is 12. The Labute approximate surface area is 235 Å². The van der Waals surface area contributed by atoms with Crippen molar-refractivity contribution in [1.29, 1.82) is 0 Å². The predicted molar refractivity (Wildman–Crippen MR) is 150 cm³/mol. The van der Waals surface area contributed by atoms with Crippen LogP contribution in [0.3, 0.4) is 0 Å². The van der Waals surface area contributed by atoms with Gasteiger partial charge in [-0.1, -0.05) is 6.08 Å². The standard InChI is InChI=1S/C32H40F3NO4/c1-7-9-10-11-12-21-16-22(33)15-19(3)27(21)24-17-23(20-13-14-20)29(34)28(30(24)35)25(18-26(37)39-8-2)36-31(38)40-32(4,5)6/h7,15-17,20,25H,1,8-14,18H2,2-6H3,(H,36,38)/t25-/m0/s1. The van der Waals surface area contributed by atoms with Crippen LogP contribution in [0.1, 0.15) is 100 Å². The number of amides is 1. The van der Waals surface area contributed by atoms with Gasteiger partial charge in [-0.2, -0.15) is 0 Å². The number of benzene rings is 2. The van der Waals surface area contributed by atoms with Crippen LogP contribution in [-0.4, -0.2) is 24.3 Å². The van der Waals surface area contributed by atoms with E-state index in [9.17, 15) is 14.0 Å². The van der Waals surface area contributed by atoms with E-state index in [0.717, 1.165) is 32.1 Å². The third-order valence-electron chi connectivity index (χ3n) is 6.75. The van der Waals surface area contributed by atoms with Crippen LogP contribution in [0.5, 0.6) is 0 Å². The number of carbonyl (C=O) groups excluding carboxylic acids is 2. The summed E-state index contributed by atoms with van der Waals surface area (Å²) in [5, 5.41) is 2.50. The second kappa shape index (κ2) is 13.4. The molecule has 2 aromatic rings. The van der Waals surface area contributed by atoms with Crippen LogP contribution in [0.4, 0.5) is 18.0 Å². The van der Waals surface area contributed by atoms with E-state index in [0.29, 0.717) is 28.7 Å². The fourth-order valence-corrected chi connectivity index (χ4v) is 4.92. The Balaban J connectivity index is 2.19. The van der Waals surface area contributed by atoms with E-state index >= 15 is 8.78 Å². The summed E-state index contributed by atoms with van der Waals surface area (Å²) in [6.45, 7) is 12.1. The zero-order valence-electron chi connectivity index (χ0n) is 24.1. The average Bonchev–Trinajstić information content (AvgIpc) is 3.67. The molecule has 40 heavy (non-hydrogen) atoms. The van der Waals surface area contributed by atoms with Crippen molar-refractivity contribution in [2.24, 2.45) is 0 Å². The molecule has 218 valence electrons. The molecule has 8 heteroatoms. The highest BCUT2D eigenvalue weighted by atomic mass is 19.1. The first-order valence-corrected chi connectivity index (χ1v) is 13.9. The van der Waals surface area contributed by atoms with E-state index in [1.807, 2.05) is 6.08 Å². The predicted octanol–water partition coefficient (Wildman–Crippen LogP) is 8.37.